The van der Waals surface area contributed by atoms with Crippen LogP contribution in [0.1, 0.15) is 33.6 Å². The van der Waals surface area contributed by atoms with Gasteiger partial charge >= 0.3 is 5.97 Å². The lowest BCUT2D eigenvalue weighted by molar-refractivity contribution is -0.136. The first-order valence-electron chi connectivity index (χ1n) is 5.83. The van der Waals surface area contributed by atoms with Crippen LogP contribution in [0.5, 0.6) is 0 Å². The van der Waals surface area contributed by atoms with E-state index in [9.17, 15) is 13.2 Å². The van der Waals surface area contributed by atoms with Crippen LogP contribution < -0.4 is 0 Å². The average Bonchev–Trinajstić information content (AvgIpc) is 2.16. The van der Waals surface area contributed by atoms with Gasteiger partial charge in [0.25, 0.3) is 0 Å². The van der Waals surface area contributed by atoms with Crippen LogP contribution in [0.25, 0.3) is 0 Å². The smallest absolute Gasteiger partial charge is 0.321 e. The van der Waals surface area contributed by atoms with Gasteiger partial charge in [-0.15, -0.1) is 0 Å². The van der Waals surface area contributed by atoms with Crippen molar-refractivity contribution in [2.24, 2.45) is 5.92 Å². The summed E-state index contributed by atoms with van der Waals surface area (Å²) in [6, 6.07) is 0. The molecule has 0 bridgehead atoms. The highest BCUT2D eigenvalue weighted by Crippen LogP contribution is 2.08. The molecule has 0 spiro atoms. The summed E-state index contributed by atoms with van der Waals surface area (Å²) in [5, 5.41) is 7.46. The van der Waals surface area contributed by atoms with Crippen molar-refractivity contribution in [3.8, 4) is 0 Å². The van der Waals surface area contributed by atoms with Gasteiger partial charge in [-0.05, 0) is 18.8 Å². The standard InChI is InChI=1S/C11H22O5S/c1-4-10(11(12)13)17(14,15)8-7-16-6-5-9(2)3/h9-10H,4-8H2,1-3H3,(H,12,13). The molecule has 0 fully saturated rings. The number of carboxylic acid groups (broad SMARTS) is 1. The molecule has 1 N–H and O–H groups in total. The maximum Gasteiger partial charge on any atom is 0.321 e. The van der Waals surface area contributed by atoms with Crippen LogP contribution in [0.2, 0.25) is 0 Å². The third-order valence-corrected chi connectivity index (χ3v) is 4.57. The van der Waals surface area contributed by atoms with Crippen molar-refractivity contribution in [3.63, 3.8) is 0 Å². The maximum atomic E-state index is 11.6. The van der Waals surface area contributed by atoms with E-state index in [0.717, 1.165) is 6.42 Å². The van der Waals surface area contributed by atoms with E-state index in [1.165, 1.54) is 0 Å². The van der Waals surface area contributed by atoms with Crippen molar-refractivity contribution in [2.75, 3.05) is 19.0 Å². The molecule has 0 saturated carbocycles. The van der Waals surface area contributed by atoms with Gasteiger partial charge in [0.05, 0.1) is 12.4 Å². The molecule has 0 aliphatic heterocycles. The van der Waals surface area contributed by atoms with Gasteiger partial charge in [0.2, 0.25) is 0 Å². The highest BCUT2D eigenvalue weighted by Gasteiger charge is 2.30. The predicted octanol–water partition coefficient (Wildman–Crippen LogP) is 1.33. The lowest BCUT2D eigenvalue weighted by Crippen LogP contribution is -2.32. The van der Waals surface area contributed by atoms with Crippen LogP contribution in [-0.2, 0) is 19.4 Å². The van der Waals surface area contributed by atoms with Gasteiger partial charge in [-0.1, -0.05) is 20.8 Å². The molecular formula is C11H22O5S. The zero-order chi connectivity index (χ0) is 13.5. The molecule has 1 unspecified atom stereocenters. The predicted molar refractivity (Wildman–Crippen MR) is 65.8 cm³/mol. The van der Waals surface area contributed by atoms with Crippen molar-refractivity contribution in [1.29, 1.82) is 0 Å². The number of ether oxygens (including phenoxy) is 1. The SMILES string of the molecule is CCC(C(=O)O)S(=O)(=O)CCOCCC(C)C. The van der Waals surface area contributed by atoms with Crippen LogP contribution >= 0.6 is 0 Å². The third kappa shape index (κ3) is 6.63. The summed E-state index contributed by atoms with van der Waals surface area (Å²) < 4.78 is 28.5. The van der Waals surface area contributed by atoms with E-state index in [1.807, 2.05) is 0 Å². The Hall–Kier alpha value is -0.620. The largest absolute Gasteiger partial charge is 0.480 e. The van der Waals surface area contributed by atoms with E-state index in [0.29, 0.717) is 12.5 Å². The number of carboxylic acids is 1. The number of aliphatic carboxylic acids is 1. The third-order valence-electron chi connectivity index (χ3n) is 2.43. The van der Waals surface area contributed by atoms with Crippen molar-refractivity contribution < 1.29 is 23.1 Å². The van der Waals surface area contributed by atoms with Crippen LogP contribution in [0.4, 0.5) is 0 Å². The Kier molecular flexibility index (Phi) is 7.38. The van der Waals surface area contributed by atoms with Gasteiger partial charge in [-0.3, -0.25) is 4.79 Å². The molecule has 0 saturated heterocycles. The molecule has 5 nitrogen and oxygen atoms in total. The molecule has 0 radical (unpaired) electrons. The number of hydrogen-bond donors (Lipinski definition) is 1. The van der Waals surface area contributed by atoms with E-state index in [1.54, 1.807) is 6.92 Å². The fourth-order valence-corrected chi connectivity index (χ4v) is 2.77. The monoisotopic (exact) mass is 266 g/mol. The van der Waals surface area contributed by atoms with Gasteiger partial charge < -0.3 is 9.84 Å². The Balaban J connectivity index is 4.06. The molecule has 0 amide bonds. The Morgan fingerprint density at radius 1 is 1.29 bits per heavy atom. The summed E-state index contributed by atoms with van der Waals surface area (Å²) >= 11 is 0. The second-order valence-corrected chi connectivity index (χ2v) is 6.70. The molecule has 1 atom stereocenters. The minimum absolute atomic E-state index is 0.0683. The summed E-state index contributed by atoms with van der Waals surface area (Å²) in [6.07, 6.45) is 0.958. The Labute approximate surface area is 103 Å². The zero-order valence-electron chi connectivity index (χ0n) is 10.7. The Morgan fingerprint density at radius 3 is 2.29 bits per heavy atom. The van der Waals surface area contributed by atoms with Crippen LogP contribution in [0, 0.1) is 5.92 Å². The van der Waals surface area contributed by atoms with Gasteiger partial charge in [0, 0.05) is 6.61 Å². The minimum Gasteiger partial charge on any atom is -0.480 e. The van der Waals surface area contributed by atoms with Crippen molar-refractivity contribution in [2.45, 2.75) is 38.9 Å². The summed E-state index contributed by atoms with van der Waals surface area (Å²) in [6.45, 7) is 6.24. The molecule has 17 heavy (non-hydrogen) atoms. The first-order chi connectivity index (χ1) is 7.81. The fourth-order valence-electron chi connectivity index (χ4n) is 1.32. The quantitative estimate of drug-likeness (QED) is 0.637. The molecular weight excluding hydrogens is 244 g/mol. The van der Waals surface area contributed by atoms with Crippen molar-refractivity contribution in [3.05, 3.63) is 0 Å². The molecule has 6 heteroatoms. The van der Waals surface area contributed by atoms with Crippen LogP contribution in [0.15, 0.2) is 0 Å². The Bertz CT molecular complexity index is 321. The second-order valence-electron chi connectivity index (χ2n) is 4.40. The molecule has 0 aliphatic rings. The van der Waals surface area contributed by atoms with Crippen LogP contribution in [-0.4, -0.2) is 43.7 Å². The Morgan fingerprint density at radius 2 is 1.88 bits per heavy atom. The van der Waals surface area contributed by atoms with Crippen molar-refractivity contribution in [1.82, 2.24) is 0 Å². The normalized spacial score (nSPS) is 13.9. The number of sulfone groups is 1. The number of hydrogen-bond acceptors (Lipinski definition) is 4. The van der Waals surface area contributed by atoms with E-state index in [-0.39, 0.29) is 18.8 Å². The molecule has 0 aromatic rings. The molecule has 0 aliphatic carbocycles. The van der Waals surface area contributed by atoms with E-state index >= 15 is 0 Å². The topological polar surface area (TPSA) is 80.7 Å². The highest BCUT2D eigenvalue weighted by atomic mass is 32.2. The first-order valence-corrected chi connectivity index (χ1v) is 7.55. The summed E-state index contributed by atoms with van der Waals surface area (Å²) in [4.78, 5) is 10.7. The summed E-state index contributed by atoms with van der Waals surface area (Å²) in [7, 11) is -3.60. The van der Waals surface area contributed by atoms with Gasteiger partial charge in [0.1, 0.15) is 0 Å². The van der Waals surface area contributed by atoms with E-state index in [2.05, 4.69) is 13.8 Å². The fraction of sp³-hybridized carbons (Fsp3) is 0.909. The van der Waals surface area contributed by atoms with Gasteiger partial charge in [0.15, 0.2) is 15.1 Å². The van der Waals surface area contributed by atoms with E-state index < -0.39 is 21.1 Å². The number of carbonyl (C=O) groups is 1. The molecule has 0 rings (SSSR count). The molecule has 102 valence electrons. The lowest BCUT2D eigenvalue weighted by Gasteiger charge is -2.11. The maximum absolute atomic E-state index is 11.6. The van der Waals surface area contributed by atoms with E-state index in [4.69, 9.17) is 9.84 Å². The molecule has 0 aromatic carbocycles. The molecule has 0 aromatic heterocycles. The van der Waals surface area contributed by atoms with Crippen molar-refractivity contribution >= 4 is 15.8 Å². The molecule has 0 heterocycles. The van der Waals surface area contributed by atoms with Crippen LogP contribution in [0.3, 0.4) is 0 Å². The minimum atomic E-state index is -3.60. The lowest BCUT2D eigenvalue weighted by atomic mass is 10.1. The zero-order valence-corrected chi connectivity index (χ0v) is 11.5. The summed E-state index contributed by atoms with van der Waals surface area (Å²) in [5.74, 6) is -1.00. The second kappa shape index (κ2) is 7.66. The average molecular weight is 266 g/mol. The highest BCUT2D eigenvalue weighted by molar-refractivity contribution is 7.92. The first kappa shape index (κ1) is 16.4. The number of rotatable bonds is 9. The van der Waals surface area contributed by atoms with Gasteiger partial charge in [-0.2, -0.15) is 0 Å². The van der Waals surface area contributed by atoms with Gasteiger partial charge in [-0.25, -0.2) is 8.42 Å². The summed E-state index contributed by atoms with van der Waals surface area (Å²) in [5.41, 5.74) is 0.